The van der Waals surface area contributed by atoms with E-state index in [2.05, 4.69) is 35.5 Å². The van der Waals surface area contributed by atoms with Crippen LogP contribution >= 0.6 is 0 Å². The normalized spacial score (nSPS) is 14.7. The lowest BCUT2D eigenvalue weighted by molar-refractivity contribution is 0.181. The molecule has 0 aliphatic carbocycles. The fourth-order valence-electron chi connectivity index (χ4n) is 2.90. The van der Waals surface area contributed by atoms with Crippen LogP contribution in [0, 0.1) is 12.8 Å². The number of aromatic nitrogens is 6. The van der Waals surface area contributed by atoms with Gasteiger partial charge < -0.3 is 15.0 Å². The number of nitrogens with one attached hydrogen (secondary N) is 1. The lowest BCUT2D eigenvalue weighted by Gasteiger charge is -2.40. The number of aryl methyl sites for hydroxylation is 1. The zero-order chi connectivity index (χ0) is 17.2. The Balaban J connectivity index is 1.38. The molecular formula is C16H20N8O. The Kier molecular flexibility index (Phi) is 4.14. The number of rotatable bonds is 6. The molecule has 1 aliphatic heterocycles. The van der Waals surface area contributed by atoms with Gasteiger partial charge in [-0.3, -0.25) is 0 Å². The molecule has 3 aromatic heterocycles. The number of ether oxygens (including phenoxy) is 1. The Morgan fingerprint density at radius 3 is 2.92 bits per heavy atom. The Hall–Kier alpha value is -2.81. The fourth-order valence-corrected chi connectivity index (χ4v) is 2.90. The summed E-state index contributed by atoms with van der Waals surface area (Å²) in [4.78, 5) is 10.8. The zero-order valence-electron chi connectivity index (χ0n) is 14.3. The van der Waals surface area contributed by atoms with E-state index >= 15 is 0 Å². The van der Waals surface area contributed by atoms with E-state index in [1.165, 1.54) is 6.33 Å². The van der Waals surface area contributed by atoms with Crippen molar-refractivity contribution in [2.75, 3.05) is 37.0 Å². The monoisotopic (exact) mass is 340 g/mol. The van der Waals surface area contributed by atoms with Gasteiger partial charge in [0.25, 0.3) is 5.78 Å². The van der Waals surface area contributed by atoms with E-state index < -0.39 is 0 Å². The first-order valence-corrected chi connectivity index (χ1v) is 8.20. The van der Waals surface area contributed by atoms with Crippen LogP contribution in [-0.2, 0) is 11.3 Å². The van der Waals surface area contributed by atoms with Crippen LogP contribution in [0.5, 0.6) is 0 Å². The summed E-state index contributed by atoms with van der Waals surface area (Å²) in [5, 5.41) is 16.0. The first-order chi connectivity index (χ1) is 12.2. The lowest BCUT2D eigenvalue weighted by atomic mass is 10.0. The molecule has 1 saturated heterocycles. The van der Waals surface area contributed by atoms with Crippen molar-refractivity contribution < 1.29 is 4.74 Å². The molecule has 4 heterocycles. The van der Waals surface area contributed by atoms with Gasteiger partial charge in [-0.1, -0.05) is 0 Å². The maximum Gasteiger partial charge on any atom is 0.254 e. The Morgan fingerprint density at radius 1 is 1.28 bits per heavy atom. The summed E-state index contributed by atoms with van der Waals surface area (Å²) in [7, 11) is 1.65. The van der Waals surface area contributed by atoms with Crippen molar-refractivity contribution in [1.29, 1.82) is 0 Å². The van der Waals surface area contributed by atoms with Crippen molar-refractivity contribution in [3.63, 3.8) is 0 Å². The van der Waals surface area contributed by atoms with Gasteiger partial charge in [-0.15, -0.1) is 5.10 Å². The van der Waals surface area contributed by atoms with Gasteiger partial charge in [0.15, 0.2) is 5.82 Å². The van der Waals surface area contributed by atoms with Gasteiger partial charge in [0, 0.05) is 38.7 Å². The van der Waals surface area contributed by atoms with E-state index in [1.807, 2.05) is 25.1 Å². The van der Waals surface area contributed by atoms with Crippen molar-refractivity contribution in [2.45, 2.75) is 13.5 Å². The average molecular weight is 340 g/mol. The summed E-state index contributed by atoms with van der Waals surface area (Å²) < 4.78 is 6.88. The number of methoxy groups -OCH3 is 1. The van der Waals surface area contributed by atoms with Gasteiger partial charge in [0.2, 0.25) is 0 Å². The second-order valence-electron chi connectivity index (χ2n) is 6.22. The average Bonchev–Trinajstić information content (AvgIpc) is 3.04. The predicted molar refractivity (Wildman–Crippen MR) is 92.5 cm³/mol. The van der Waals surface area contributed by atoms with Crippen molar-refractivity contribution in [3.05, 3.63) is 35.9 Å². The van der Waals surface area contributed by atoms with Gasteiger partial charge in [0.05, 0.1) is 18.0 Å². The second-order valence-corrected chi connectivity index (χ2v) is 6.22. The molecule has 0 spiro atoms. The van der Waals surface area contributed by atoms with Gasteiger partial charge >= 0.3 is 0 Å². The lowest BCUT2D eigenvalue weighted by Crippen LogP contribution is -2.50. The number of hydrogen-bond acceptors (Lipinski definition) is 8. The fraction of sp³-hybridized carbons (Fsp3) is 0.438. The molecule has 25 heavy (non-hydrogen) atoms. The van der Waals surface area contributed by atoms with E-state index in [0.717, 1.165) is 42.7 Å². The van der Waals surface area contributed by atoms with Crippen LogP contribution in [-0.4, -0.2) is 56.5 Å². The summed E-state index contributed by atoms with van der Waals surface area (Å²) >= 11 is 0. The number of hydrogen-bond donors (Lipinski definition) is 1. The molecule has 0 atom stereocenters. The van der Waals surface area contributed by atoms with Crippen molar-refractivity contribution in [3.8, 4) is 0 Å². The number of anilines is 2. The molecule has 1 fully saturated rings. The molecule has 1 N–H and O–H groups in total. The van der Waals surface area contributed by atoms with Crippen molar-refractivity contribution >= 4 is 17.4 Å². The Labute approximate surface area is 145 Å². The molecule has 1 aliphatic rings. The van der Waals surface area contributed by atoms with Gasteiger partial charge in [-0.25, -0.2) is 4.98 Å². The highest BCUT2D eigenvalue weighted by atomic mass is 16.5. The number of nitrogens with zero attached hydrogens (tertiary/aromatic N) is 7. The molecule has 0 aromatic carbocycles. The maximum absolute atomic E-state index is 5.17. The largest absolute Gasteiger partial charge is 0.378 e. The summed E-state index contributed by atoms with van der Waals surface area (Å²) in [6.45, 7) is 5.15. The van der Waals surface area contributed by atoms with Gasteiger partial charge in [-0.2, -0.15) is 19.7 Å². The van der Waals surface area contributed by atoms with Gasteiger partial charge in [0.1, 0.15) is 12.1 Å². The molecular weight excluding hydrogens is 320 g/mol. The minimum Gasteiger partial charge on any atom is -0.378 e. The van der Waals surface area contributed by atoms with Crippen LogP contribution in [0.25, 0.3) is 5.78 Å². The summed E-state index contributed by atoms with van der Waals surface area (Å²) in [5.41, 5.74) is 1.76. The van der Waals surface area contributed by atoms with Gasteiger partial charge in [-0.05, 0) is 19.1 Å². The molecule has 0 unspecified atom stereocenters. The highest BCUT2D eigenvalue weighted by Crippen LogP contribution is 2.22. The molecule has 3 aromatic rings. The number of fused-ring (bicyclic) bond motifs is 1. The van der Waals surface area contributed by atoms with E-state index in [9.17, 15) is 0 Å². The van der Waals surface area contributed by atoms with E-state index in [-0.39, 0.29) is 0 Å². The van der Waals surface area contributed by atoms with E-state index in [0.29, 0.717) is 18.3 Å². The van der Waals surface area contributed by atoms with Crippen LogP contribution in [0.4, 0.5) is 11.6 Å². The molecule has 9 nitrogen and oxygen atoms in total. The minimum absolute atomic E-state index is 0.446. The van der Waals surface area contributed by atoms with E-state index in [4.69, 9.17) is 4.74 Å². The summed E-state index contributed by atoms with van der Waals surface area (Å²) in [6.07, 6.45) is 1.51. The predicted octanol–water partition coefficient (Wildman–Crippen LogP) is 0.917. The molecule has 0 amide bonds. The van der Waals surface area contributed by atoms with Crippen LogP contribution in [0.3, 0.4) is 0 Å². The minimum atomic E-state index is 0.446. The molecule has 130 valence electrons. The van der Waals surface area contributed by atoms with Crippen LogP contribution in [0.2, 0.25) is 0 Å². The topological polar surface area (TPSA) is 93.4 Å². The maximum atomic E-state index is 5.17. The molecule has 0 bridgehead atoms. The smallest absolute Gasteiger partial charge is 0.254 e. The van der Waals surface area contributed by atoms with Crippen LogP contribution in [0.15, 0.2) is 24.5 Å². The first-order valence-electron chi connectivity index (χ1n) is 8.20. The summed E-state index contributed by atoms with van der Waals surface area (Å²) in [6, 6.07) is 5.96. The van der Waals surface area contributed by atoms with Crippen LogP contribution < -0.4 is 10.2 Å². The SMILES string of the molecule is COCc1cc(NCC2CN(c3ccc(C)nn3)C2)n2ncnc2n1. The van der Waals surface area contributed by atoms with Crippen LogP contribution in [0.1, 0.15) is 11.4 Å². The zero-order valence-corrected chi connectivity index (χ0v) is 14.3. The Morgan fingerprint density at radius 2 is 2.16 bits per heavy atom. The molecule has 4 rings (SSSR count). The highest BCUT2D eigenvalue weighted by molar-refractivity contribution is 5.46. The third-order valence-corrected chi connectivity index (χ3v) is 4.23. The standard InChI is InChI=1S/C16H20N8O/c1-11-3-4-14(22-21-11)23-7-12(8-23)6-17-15-5-13(9-25-2)20-16-18-10-19-24(15)16/h3-5,10,12,17H,6-9H2,1-2H3. The molecule has 9 heteroatoms. The Bertz CT molecular complexity index is 856. The highest BCUT2D eigenvalue weighted by Gasteiger charge is 2.28. The quantitative estimate of drug-likeness (QED) is 0.708. The third-order valence-electron chi connectivity index (χ3n) is 4.23. The van der Waals surface area contributed by atoms with Crippen molar-refractivity contribution in [2.24, 2.45) is 5.92 Å². The third kappa shape index (κ3) is 3.22. The van der Waals surface area contributed by atoms with Crippen molar-refractivity contribution in [1.82, 2.24) is 29.8 Å². The summed E-state index contributed by atoms with van der Waals surface area (Å²) in [5.74, 6) is 2.93. The second kappa shape index (κ2) is 6.60. The molecule has 0 saturated carbocycles. The van der Waals surface area contributed by atoms with E-state index in [1.54, 1.807) is 11.6 Å². The molecule has 0 radical (unpaired) electrons. The first kappa shape index (κ1) is 15.7.